The maximum atomic E-state index is 11.1. The third-order valence-electron chi connectivity index (χ3n) is 3.48. The van der Waals surface area contributed by atoms with Crippen LogP contribution in [0.2, 0.25) is 0 Å². The molecule has 2 heterocycles. The topological polar surface area (TPSA) is 67.2 Å². The van der Waals surface area contributed by atoms with E-state index in [-0.39, 0.29) is 6.04 Å². The van der Waals surface area contributed by atoms with Gasteiger partial charge < -0.3 is 0 Å². The molecule has 1 aliphatic rings. The Hall–Kier alpha value is -0.920. The van der Waals surface area contributed by atoms with E-state index in [0.717, 1.165) is 19.5 Å². The minimum absolute atomic E-state index is 0.232. The van der Waals surface area contributed by atoms with Gasteiger partial charge in [-0.1, -0.05) is 0 Å². The van der Waals surface area contributed by atoms with E-state index in [1.54, 1.807) is 0 Å². The summed E-state index contributed by atoms with van der Waals surface area (Å²) in [5.74, 6) is 0. The fraction of sp³-hybridized carbons (Fsp3) is 0.750. The smallest absolute Gasteiger partial charge is 0.208 e. The molecule has 0 fully saturated rings. The molecule has 0 saturated carbocycles. The number of nitrogens with one attached hydrogen (secondary N) is 1. The van der Waals surface area contributed by atoms with Gasteiger partial charge in [-0.05, 0) is 26.3 Å². The standard InChI is InChI=1S/C12H22N4O2S/c1-10(2)15-8-11-4-6-13-16(11)12(9-15)5-7-14-19(3,17)18/h4,6,10,12,14H,5,7-9H2,1-3H3/t12-/m1/s1. The highest BCUT2D eigenvalue weighted by atomic mass is 32.2. The summed E-state index contributed by atoms with van der Waals surface area (Å²) in [7, 11) is -3.11. The maximum Gasteiger partial charge on any atom is 0.208 e. The molecule has 1 atom stereocenters. The van der Waals surface area contributed by atoms with Crippen molar-refractivity contribution in [3.05, 3.63) is 18.0 Å². The lowest BCUT2D eigenvalue weighted by molar-refractivity contribution is 0.135. The summed E-state index contributed by atoms with van der Waals surface area (Å²) in [5.41, 5.74) is 1.20. The number of hydrogen-bond acceptors (Lipinski definition) is 4. The molecule has 0 unspecified atom stereocenters. The van der Waals surface area contributed by atoms with Crippen molar-refractivity contribution in [1.82, 2.24) is 19.4 Å². The van der Waals surface area contributed by atoms with Crippen LogP contribution in [0.25, 0.3) is 0 Å². The lowest BCUT2D eigenvalue weighted by Gasteiger charge is -2.36. The highest BCUT2D eigenvalue weighted by Crippen LogP contribution is 2.23. The molecule has 1 N–H and O–H groups in total. The molecule has 6 nitrogen and oxygen atoms in total. The second-order valence-electron chi connectivity index (χ2n) is 5.40. The molecule has 2 rings (SSSR count). The van der Waals surface area contributed by atoms with Gasteiger partial charge in [0, 0.05) is 31.9 Å². The quantitative estimate of drug-likeness (QED) is 0.860. The SMILES string of the molecule is CC(C)N1Cc2ccnn2[C@H](CCNS(C)(=O)=O)C1. The van der Waals surface area contributed by atoms with E-state index in [1.807, 2.05) is 16.9 Å². The van der Waals surface area contributed by atoms with Crippen LogP contribution in [0, 0.1) is 0 Å². The van der Waals surface area contributed by atoms with Crippen LogP contribution in [0.1, 0.15) is 32.0 Å². The van der Waals surface area contributed by atoms with Gasteiger partial charge in [0.05, 0.1) is 18.0 Å². The van der Waals surface area contributed by atoms with E-state index in [4.69, 9.17) is 0 Å². The van der Waals surface area contributed by atoms with E-state index in [2.05, 4.69) is 28.6 Å². The van der Waals surface area contributed by atoms with Crippen molar-refractivity contribution in [2.45, 2.75) is 38.9 Å². The Bertz CT molecular complexity index is 524. The van der Waals surface area contributed by atoms with Crippen LogP contribution in [-0.4, -0.2) is 48.5 Å². The second-order valence-corrected chi connectivity index (χ2v) is 7.23. The van der Waals surface area contributed by atoms with Crippen molar-refractivity contribution >= 4 is 10.0 Å². The zero-order valence-corrected chi connectivity index (χ0v) is 12.5. The van der Waals surface area contributed by atoms with Crippen molar-refractivity contribution in [2.75, 3.05) is 19.3 Å². The van der Waals surface area contributed by atoms with Crippen molar-refractivity contribution in [1.29, 1.82) is 0 Å². The summed E-state index contributed by atoms with van der Waals surface area (Å²) in [5, 5.41) is 4.36. The van der Waals surface area contributed by atoms with Crippen LogP contribution in [0.15, 0.2) is 12.3 Å². The normalized spacial score (nSPS) is 20.7. The summed E-state index contributed by atoms with van der Waals surface area (Å²) in [6.45, 7) is 6.63. The van der Waals surface area contributed by atoms with Crippen LogP contribution in [-0.2, 0) is 16.6 Å². The number of fused-ring (bicyclic) bond motifs is 1. The first kappa shape index (κ1) is 14.5. The van der Waals surface area contributed by atoms with E-state index in [1.165, 1.54) is 11.9 Å². The highest BCUT2D eigenvalue weighted by molar-refractivity contribution is 7.88. The molecule has 19 heavy (non-hydrogen) atoms. The van der Waals surface area contributed by atoms with E-state index >= 15 is 0 Å². The monoisotopic (exact) mass is 286 g/mol. The Kier molecular flexibility index (Phi) is 4.27. The van der Waals surface area contributed by atoms with Crippen LogP contribution < -0.4 is 4.72 Å². The van der Waals surface area contributed by atoms with Gasteiger partial charge in [0.1, 0.15) is 0 Å². The summed E-state index contributed by atoms with van der Waals surface area (Å²) >= 11 is 0. The molecule has 1 aromatic rings. The van der Waals surface area contributed by atoms with E-state index < -0.39 is 10.0 Å². The highest BCUT2D eigenvalue weighted by Gasteiger charge is 2.26. The summed E-state index contributed by atoms with van der Waals surface area (Å²) in [6.07, 6.45) is 3.76. The lowest BCUT2D eigenvalue weighted by Crippen LogP contribution is -2.42. The van der Waals surface area contributed by atoms with Crippen LogP contribution >= 0.6 is 0 Å². The molecule has 0 bridgehead atoms. The van der Waals surface area contributed by atoms with E-state index in [9.17, 15) is 8.42 Å². The van der Waals surface area contributed by atoms with Gasteiger partial charge in [0.25, 0.3) is 0 Å². The minimum Gasteiger partial charge on any atom is -0.293 e. The van der Waals surface area contributed by atoms with Crippen molar-refractivity contribution in [3.8, 4) is 0 Å². The molecular weight excluding hydrogens is 264 g/mol. The van der Waals surface area contributed by atoms with Crippen LogP contribution in [0.5, 0.6) is 0 Å². The van der Waals surface area contributed by atoms with Gasteiger partial charge in [0.2, 0.25) is 10.0 Å². The molecule has 0 aromatic carbocycles. The third-order valence-corrected chi connectivity index (χ3v) is 4.21. The number of aromatic nitrogens is 2. The summed E-state index contributed by atoms with van der Waals surface area (Å²) < 4.78 is 26.8. The van der Waals surface area contributed by atoms with Crippen LogP contribution in [0.4, 0.5) is 0 Å². The number of sulfonamides is 1. The number of hydrogen-bond donors (Lipinski definition) is 1. The van der Waals surface area contributed by atoms with Crippen LogP contribution in [0.3, 0.4) is 0 Å². The fourth-order valence-corrected chi connectivity index (χ4v) is 2.92. The Morgan fingerprint density at radius 2 is 2.26 bits per heavy atom. The fourth-order valence-electron chi connectivity index (χ4n) is 2.43. The summed E-state index contributed by atoms with van der Waals surface area (Å²) in [4.78, 5) is 2.39. The number of rotatable bonds is 5. The molecule has 0 radical (unpaired) electrons. The van der Waals surface area contributed by atoms with Gasteiger partial charge in [0.15, 0.2) is 0 Å². The molecule has 1 aromatic heterocycles. The molecule has 1 aliphatic heterocycles. The first-order chi connectivity index (χ1) is 8.87. The zero-order chi connectivity index (χ0) is 14.0. The average Bonchev–Trinajstić information content (AvgIpc) is 2.74. The Morgan fingerprint density at radius 3 is 2.89 bits per heavy atom. The van der Waals surface area contributed by atoms with Crippen molar-refractivity contribution in [3.63, 3.8) is 0 Å². The van der Waals surface area contributed by atoms with Gasteiger partial charge in [-0.25, -0.2) is 13.1 Å². The molecule has 7 heteroatoms. The Morgan fingerprint density at radius 1 is 1.53 bits per heavy atom. The van der Waals surface area contributed by atoms with Crippen molar-refractivity contribution in [2.24, 2.45) is 0 Å². The van der Waals surface area contributed by atoms with Gasteiger partial charge in [-0.15, -0.1) is 0 Å². The van der Waals surface area contributed by atoms with E-state index in [0.29, 0.717) is 12.6 Å². The Balaban J connectivity index is 2.03. The largest absolute Gasteiger partial charge is 0.293 e. The average molecular weight is 286 g/mol. The predicted octanol–water partition coefficient (Wildman–Crippen LogP) is 0.588. The lowest BCUT2D eigenvalue weighted by atomic mass is 10.1. The first-order valence-corrected chi connectivity index (χ1v) is 8.47. The van der Waals surface area contributed by atoms with Gasteiger partial charge in [-0.2, -0.15) is 5.10 Å². The van der Waals surface area contributed by atoms with Gasteiger partial charge in [-0.3, -0.25) is 9.58 Å². The molecule has 108 valence electrons. The third kappa shape index (κ3) is 3.77. The molecule has 0 spiro atoms. The van der Waals surface area contributed by atoms with Crippen molar-refractivity contribution < 1.29 is 8.42 Å². The second kappa shape index (κ2) is 5.60. The number of nitrogens with zero attached hydrogens (tertiary/aromatic N) is 3. The molecule has 0 amide bonds. The minimum atomic E-state index is -3.11. The first-order valence-electron chi connectivity index (χ1n) is 6.58. The summed E-state index contributed by atoms with van der Waals surface area (Å²) in [6, 6.07) is 2.75. The molecule has 0 saturated heterocycles. The van der Waals surface area contributed by atoms with Gasteiger partial charge >= 0.3 is 0 Å². The Labute approximate surface area is 114 Å². The molecule has 0 aliphatic carbocycles. The zero-order valence-electron chi connectivity index (χ0n) is 11.7. The predicted molar refractivity (Wildman–Crippen MR) is 74.3 cm³/mol. The maximum absolute atomic E-state index is 11.1. The molecular formula is C12H22N4O2S.